The van der Waals surface area contributed by atoms with Gasteiger partial charge in [0.15, 0.2) is 5.82 Å². The number of imidazole rings is 1. The third-order valence-corrected chi connectivity index (χ3v) is 5.54. The van der Waals surface area contributed by atoms with Gasteiger partial charge >= 0.3 is 0 Å². The number of benzene rings is 1. The van der Waals surface area contributed by atoms with Crippen LogP contribution < -0.4 is 10.6 Å². The summed E-state index contributed by atoms with van der Waals surface area (Å²) in [5.41, 5.74) is 1.80. The zero-order chi connectivity index (χ0) is 21.0. The Bertz CT molecular complexity index is 964. The average molecular weight is 416 g/mol. The van der Waals surface area contributed by atoms with E-state index < -0.39 is 5.25 Å². The number of thioether (sulfide) groups is 1. The Kier molecular flexibility index (Phi) is 6.58. The van der Waals surface area contributed by atoms with E-state index in [-0.39, 0.29) is 29.5 Å². The van der Waals surface area contributed by atoms with Gasteiger partial charge in [0, 0.05) is 6.07 Å². The van der Waals surface area contributed by atoms with Crippen LogP contribution in [0.5, 0.6) is 0 Å². The minimum Gasteiger partial charge on any atom is -0.360 e. The largest absolute Gasteiger partial charge is 0.360 e. The van der Waals surface area contributed by atoms with Crippen LogP contribution in [0.4, 0.5) is 5.82 Å². The van der Waals surface area contributed by atoms with Gasteiger partial charge in [-0.1, -0.05) is 31.1 Å². The lowest BCUT2D eigenvalue weighted by molar-refractivity contribution is -0.119. The molecule has 2 amide bonds. The highest BCUT2D eigenvalue weighted by molar-refractivity contribution is 8.01. The van der Waals surface area contributed by atoms with E-state index in [9.17, 15) is 9.59 Å². The van der Waals surface area contributed by atoms with E-state index in [0.29, 0.717) is 11.6 Å². The zero-order valence-corrected chi connectivity index (χ0v) is 17.7. The Morgan fingerprint density at radius 2 is 2.00 bits per heavy atom. The van der Waals surface area contributed by atoms with Crippen molar-refractivity contribution in [3.05, 3.63) is 41.9 Å². The molecule has 9 heteroatoms. The maximum Gasteiger partial charge on any atom is 0.238 e. The van der Waals surface area contributed by atoms with Gasteiger partial charge in [-0.05, 0) is 31.9 Å². The number of amides is 2. The lowest BCUT2D eigenvalue weighted by Gasteiger charge is -2.20. The number of carbonyl (C=O) groups excluding carboxylic acids is 2. The predicted octanol–water partition coefficient (Wildman–Crippen LogP) is 3.43. The van der Waals surface area contributed by atoms with Crippen LogP contribution in [0.1, 0.15) is 38.4 Å². The molecule has 0 bridgehead atoms. The van der Waals surface area contributed by atoms with Crippen molar-refractivity contribution in [3.8, 4) is 0 Å². The second kappa shape index (κ2) is 9.13. The molecule has 154 valence electrons. The first-order chi connectivity index (χ1) is 13.8. The smallest absolute Gasteiger partial charge is 0.238 e. The molecule has 2 aromatic heterocycles. The number of nitrogens with zero attached hydrogens (tertiary/aromatic N) is 2. The highest BCUT2D eigenvalue weighted by Gasteiger charge is 2.23. The summed E-state index contributed by atoms with van der Waals surface area (Å²) in [7, 11) is 0. The van der Waals surface area contributed by atoms with Crippen molar-refractivity contribution in [1.82, 2.24) is 20.4 Å². The Labute approximate surface area is 173 Å². The number of H-pyrrole nitrogens is 1. The molecule has 0 fully saturated rings. The molecule has 2 atom stereocenters. The van der Waals surface area contributed by atoms with Crippen molar-refractivity contribution in [1.29, 1.82) is 0 Å². The summed E-state index contributed by atoms with van der Waals surface area (Å²) in [4.78, 5) is 32.6. The fraction of sp³-hybridized carbons (Fsp3) is 0.400. The summed E-state index contributed by atoms with van der Waals surface area (Å²) < 4.78 is 4.93. The molecule has 3 aromatic rings. The highest BCUT2D eigenvalue weighted by Crippen LogP contribution is 2.23. The number of nitrogens with one attached hydrogen (secondary N) is 3. The molecule has 0 aliphatic carbocycles. The van der Waals surface area contributed by atoms with Gasteiger partial charge in [0.1, 0.15) is 11.6 Å². The molecule has 29 heavy (non-hydrogen) atoms. The van der Waals surface area contributed by atoms with Crippen LogP contribution in [0.15, 0.2) is 34.9 Å². The lowest BCUT2D eigenvalue weighted by atomic mass is 10.0. The lowest BCUT2D eigenvalue weighted by Crippen LogP contribution is -2.34. The summed E-state index contributed by atoms with van der Waals surface area (Å²) in [6, 6.07) is 9.16. The molecule has 0 saturated heterocycles. The minimum atomic E-state index is -0.415. The van der Waals surface area contributed by atoms with Crippen molar-refractivity contribution in [2.24, 2.45) is 5.92 Å². The maximum absolute atomic E-state index is 12.5. The van der Waals surface area contributed by atoms with E-state index >= 15 is 0 Å². The van der Waals surface area contributed by atoms with E-state index in [1.165, 1.54) is 11.8 Å². The number of carbonyl (C=O) groups is 2. The number of hydrogen-bond donors (Lipinski definition) is 3. The van der Waals surface area contributed by atoms with E-state index in [4.69, 9.17) is 4.52 Å². The van der Waals surface area contributed by atoms with Crippen LogP contribution in [0.2, 0.25) is 0 Å². The average Bonchev–Trinajstić information content (AvgIpc) is 3.29. The van der Waals surface area contributed by atoms with Crippen molar-refractivity contribution in [2.75, 3.05) is 11.1 Å². The van der Waals surface area contributed by atoms with Crippen molar-refractivity contribution in [2.45, 2.75) is 39.0 Å². The number of aryl methyl sites for hydroxylation is 1. The standard InChI is InChI=1S/C20H25N5O3S/c1-11(2)18(19-21-14-7-5-6-8-15(14)22-19)24-17(26)10-29-13(4)20(27)23-16-9-12(3)28-25-16/h5-9,11,13,18H,10H2,1-4H3,(H,21,22)(H,24,26)(H,23,25,27). The maximum atomic E-state index is 12.5. The van der Waals surface area contributed by atoms with Gasteiger partial charge in [-0.3, -0.25) is 9.59 Å². The molecule has 0 aliphatic heterocycles. The van der Waals surface area contributed by atoms with E-state index in [2.05, 4.69) is 25.8 Å². The fourth-order valence-electron chi connectivity index (χ4n) is 2.82. The van der Waals surface area contributed by atoms with Crippen LogP contribution >= 0.6 is 11.8 Å². The Morgan fingerprint density at radius 1 is 1.24 bits per heavy atom. The Hall–Kier alpha value is -2.81. The van der Waals surface area contributed by atoms with Crippen LogP contribution in [-0.4, -0.2) is 37.9 Å². The van der Waals surface area contributed by atoms with Crippen LogP contribution in [-0.2, 0) is 9.59 Å². The summed E-state index contributed by atoms with van der Waals surface area (Å²) >= 11 is 1.26. The molecule has 1 aromatic carbocycles. The predicted molar refractivity (Wildman–Crippen MR) is 114 cm³/mol. The summed E-state index contributed by atoms with van der Waals surface area (Å²) in [6.07, 6.45) is 0. The molecule has 3 N–H and O–H groups in total. The number of fused-ring (bicyclic) bond motifs is 1. The molecule has 0 spiro atoms. The van der Waals surface area contributed by atoms with Gasteiger partial charge in [-0.25, -0.2) is 4.98 Å². The van der Waals surface area contributed by atoms with Gasteiger partial charge in [-0.15, -0.1) is 11.8 Å². The van der Waals surface area contributed by atoms with Gasteiger partial charge in [0.25, 0.3) is 0 Å². The fourth-order valence-corrected chi connectivity index (χ4v) is 3.51. The molecular formula is C20H25N5O3S. The third-order valence-electron chi connectivity index (χ3n) is 4.40. The van der Waals surface area contributed by atoms with Crippen LogP contribution in [0.3, 0.4) is 0 Å². The van der Waals surface area contributed by atoms with Gasteiger partial charge in [0.05, 0.1) is 28.1 Å². The molecule has 8 nitrogen and oxygen atoms in total. The summed E-state index contributed by atoms with van der Waals surface area (Å²) in [6.45, 7) is 7.56. The molecule has 3 rings (SSSR count). The molecule has 2 heterocycles. The topological polar surface area (TPSA) is 113 Å². The number of aromatic nitrogens is 3. The number of hydrogen-bond acceptors (Lipinski definition) is 6. The second-order valence-electron chi connectivity index (χ2n) is 7.19. The first-order valence-electron chi connectivity index (χ1n) is 9.43. The number of aromatic amines is 1. The van der Waals surface area contributed by atoms with Crippen LogP contribution in [0.25, 0.3) is 11.0 Å². The molecular weight excluding hydrogens is 390 g/mol. The summed E-state index contributed by atoms with van der Waals surface area (Å²) in [5, 5.41) is 9.03. The van der Waals surface area contributed by atoms with E-state index in [0.717, 1.165) is 16.9 Å². The number of para-hydroxylation sites is 2. The van der Waals surface area contributed by atoms with Crippen LogP contribution in [0, 0.1) is 12.8 Å². The molecule has 0 saturated carbocycles. The molecule has 2 unspecified atom stereocenters. The van der Waals surface area contributed by atoms with Crippen molar-refractivity contribution < 1.29 is 14.1 Å². The third kappa shape index (κ3) is 5.38. The highest BCUT2D eigenvalue weighted by atomic mass is 32.2. The zero-order valence-electron chi connectivity index (χ0n) is 16.9. The first kappa shape index (κ1) is 20.9. The van der Waals surface area contributed by atoms with Gasteiger partial charge in [-0.2, -0.15) is 0 Å². The molecule has 0 aliphatic rings. The Balaban J connectivity index is 1.55. The minimum absolute atomic E-state index is 0.147. The van der Waals surface area contributed by atoms with Gasteiger partial charge < -0.3 is 20.1 Å². The first-order valence-corrected chi connectivity index (χ1v) is 10.5. The van der Waals surface area contributed by atoms with Crippen molar-refractivity contribution >= 4 is 40.4 Å². The quantitative estimate of drug-likeness (QED) is 0.519. The van der Waals surface area contributed by atoms with E-state index in [1.54, 1.807) is 19.9 Å². The summed E-state index contributed by atoms with van der Waals surface area (Å²) in [5.74, 6) is 1.65. The second-order valence-corrected chi connectivity index (χ2v) is 8.52. The number of anilines is 1. The van der Waals surface area contributed by atoms with Crippen molar-refractivity contribution in [3.63, 3.8) is 0 Å². The monoisotopic (exact) mass is 415 g/mol. The SMILES string of the molecule is Cc1cc(NC(=O)C(C)SCC(=O)NC(c2nc3ccccc3[nH]2)C(C)C)no1. The molecule has 0 radical (unpaired) electrons. The van der Waals surface area contributed by atoms with Gasteiger partial charge in [0.2, 0.25) is 11.8 Å². The Morgan fingerprint density at radius 3 is 2.66 bits per heavy atom. The normalized spacial score (nSPS) is 13.4. The van der Waals surface area contributed by atoms with E-state index in [1.807, 2.05) is 38.1 Å². The number of rotatable bonds is 8.